The van der Waals surface area contributed by atoms with Crippen LogP contribution in [0.4, 0.5) is 5.69 Å². The highest BCUT2D eigenvalue weighted by molar-refractivity contribution is 7.80. The predicted octanol–water partition coefficient (Wildman–Crippen LogP) is 3.98. The van der Waals surface area contributed by atoms with Crippen molar-refractivity contribution in [2.75, 3.05) is 12.4 Å². The van der Waals surface area contributed by atoms with Crippen molar-refractivity contribution in [2.24, 2.45) is 0 Å². The lowest BCUT2D eigenvalue weighted by Gasteiger charge is -2.21. The maximum atomic E-state index is 5.44. The molecule has 0 unspecified atom stereocenters. The lowest BCUT2D eigenvalue weighted by atomic mass is 10.0. The zero-order valence-corrected chi connectivity index (χ0v) is 13.0. The zero-order chi connectivity index (χ0) is 14.5. The quantitative estimate of drug-likeness (QED) is 0.861. The molecule has 0 aliphatic heterocycles. The van der Waals surface area contributed by atoms with Crippen molar-refractivity contribution < 1.29 is 4.42 Å². The van der Waals surface area contributed by atoms with E-state index in [0.29, 0.717) is 11.7 Å². The van der Waals surface area contributed by atoms with Gasteiger partial charge in [-0.2, -0.15) is 0 Å². The number of thiocarbonyl (C=S) groups is 1. The van der Waals surface area contributed by atoms with Gasteiger partial charge in [-0.15, -0.1) is 0 Å². The van der Waals surface area contributed by atoms with E-state index in [9.17, 15) is 0 Å². The van der Waals surface area contributed by atoms with Gasteiger partial charge >= 0.3 is 0 Å². The van der Waals surface area contributed by atoms with Crippen LogP contribution in [0.25, 0.3) is 0 Å². The highest BCUT2D eigenvalue weighted by Crippen LogP contribution is 2.20. The topological polar surface area (TPSA) is 28.4 Å². The number of hydrogen-bond donors (Lipinski definition) is 1. The number of nitrogens with zero attached hydrogens (tertiary/aromatic N) is 1. The van der Waals surface area contributed by atoms with E-state index in [0.717, 1.165) is 17.9 Å². The highest BCUT2D eigenvalue weighted by Gasteiger charge is 2.09. The van der Waals surface area contributed by atoms with Crippen molar-refractivity contribution in [1.29, 1.82) is 0 Å². The Kier molecular flexibility index (Phi) is 4.79. The molecule has 0 bridgehead atoms. The Morgan fingerprint density at radius 1 is 1.30 bits per heavy atom. The number of furan rings is 1. The fraction of sp³-hybridized carbons (Fsp3) is 0.312. The summed E-state index contributed by atoms with van der Waals surface area (Å²) in [4.78, 5) is 1.96. The number of hydrogen-bond acceptors (Lipinski definition) is 2. The first kappa shape index (κ1) is 14.6. The first-order chi connectivity index (χ1) is 9.61. The molecule has 0 amide bonds. The van der Waals surface area contributed by atoms with Crippen LogP contribution in [-0.2, 0) is 13.0 Å². The summed E-state index contributed by atoms with van der Waals surface area (Å²) in [6.45, 7) is 4.94. The van der Waals surface area contributed by atoms with Gasteiger partial charge in [0.15, 0.2) is 5.11 Å². The molecule has 3 nitrogen and oxygen atoms in total. The van der Waals surface area contributed by atoms with Crippen LogP contribution in [0, 0.1) is 6.92 Å². The zero-order valence-electron chi connectivity index (χ0n) is 12.1. The van der Waals surface area contributed by atoms with Gasteiger partial charge in [-0.25, -0.2) is 0 Å². The Morgan fingerprint density at radius 2 is 2.10 bits per heavy atom. The van der Waals surface area contributed by atoms with Crippen LogP contribution in [0.2, 0.25) is 0 Å². The van der Waals surface area contributed by atoms with Gasteiger partial charge in [0, 0.05) is 12.7 Å². The maximum Gasteiger partial charge on any atom is 0.173 e. The van der Waals surface area contributed by atoms with Gasteiger partial charge in [0.25, 0.3) is 0 Å². The standard InChI is InChI=1S/C16H20N2OS/c1-4-13-7-5-9-15(12(13)2)17-16(20)18(3)11-14-8-6-10-19-14/h5-10H,4,11H2,1-3H3,(H,17,20). The molecule has 0 radical (unpaired) electrons. The molecule has 4 heteroatoms. The van der Waals surface area contributed by atoms with Gasteiger partial charge in [-0.05, 0) is 54.9 Å². The predicted molar refractivity (Wildman–Crippen MR) is 87.0 cm³/mol. The van der Waals surface area contributed by atoms with Crippen LogP contribution in [0.5, 0.6) is 0 Å². The summed E-state index contributed by atoms with van der Waals surface area (Å²) in [5, 5.41) is 4.01. The monoisotopic (exact) mass is 288 g/mol. The van der Waals surface area contributed by atoms with Crippen molar-refractivity contribution in [2.45, 2.75) is 26.8 Å². The number of benzene rings is 1. The SMILES string of the molecule is CCc1cccc(NC(=S)N(C)Cc2ccco2)c1C. The third kappa shape index (κ3) is 3.39. The van der Waals surface area contributed by atoms with E-state index in [1.165, 1.54) is 11.1 Å². The second-order valence-electron chi connectivity index (χ2n) is 4.81. The average molecular weight is 288 g/mol. The molecule has 2 aromatic rings. The van der Waals surface area contributed by atoms with E-state index in [-0.39, 0.29) is 0 Å². The van der Waals surface area contributed by atoms with Crippen molar-refractivity contribution in [3.05, 3.63) is 53.5 Å². The minimum atomic E-state index is 0.658. The molecule has 1 aromatic carbocycles. The van der Waals surface area contributed by atoms with Crippen LogP contribution in [0.15, 0.2) is 41.0 Å². The molecular formula is C16H20N2OS. The van der Waals surface area contributed by atoms with Crippen LogP contribution in [-0.4, -0.2) is 17.1 Å². The lowest BCUT2D eigenvalue weighted by Crippen LogP contribution is -2.30. The summed E-state index contributed by atoms with van der Waals surface area (Å²) in [6.07, 6.45) is 2.70. The van der Waals surface area contributed by atoms with E-state index >= 15 is 0 Å². The van der Waals surface area contributed by atoms with E-state index in [1.54, 1.807) is 6.26 Å². The average Bonchev–Trinajstić information content (AvgIpc) is 2.94. The second kappa shape index (κ2) is 6.57. The molecule has 1 N–H and O–H groups in total. The van der Waals surface area contributed by atoms with Crippen LogP contribution < -0.4 is 5.32 Å². The normalized spacial score (nSPS) is 10.3. The first-order valence-electron chi connectivity index (χ1n) is 6.74. The van der Waals surface area contributed by atoms with Gasteiger partial charge in [0.05, 0.1) is 12.8 Å². The molecule has 0 spiro atoms. The summed E-state index contributed by atoms with van der Waals surface area (Å²) in [7, 11) is 1.96. The number of aryl methyl sites for hydroxylation is 1. The fourth-order valence-electron chi connectivity index (χ4n) is 2.12. The summed E-state index contributed by atoms with van der Waals surface area (Å²) >= 11 is 5.44. The van der Waals surface area contributed by atoms with Crippen LogP contribution >= 0.6 is 12.2 Å². The van der Waals surface area contributed by atoms with E-state index in [1.807, 2.05) is 24.1 Å². The van der Waals surface area contributed by atoms with Gasteiger partial charge in [0.1, 0.15) is 5.76 Å². The number of anilines is 1. The molecular weight excluding hydrogens is 268 g/mol. The van der Waals surface area contributed by atoms with Crippen molar-refractivity contribution in [1.82, 2.24) is 4.90 Å². The molecule has 0 aliphatic rings. The number of rotatable bonds is 4. The Bertz CT molecular complexity index is 578. The number of nitrogens with one attached hydrogen (secondary N) is 1. The summed E-state index contributed by atoms with van der Waals surface area (Å²) < 4.78 is 5.34. The van der Waals surface area contributed by atoms with E-state index in [2.05, 4.69) is 37.4 Å². The fourth-order valence-corrected chi connectivity index (χ4v) is 2.30. The minimum absolute atomic E-state index is 0.658. The Labute approximate surface area is 125 Å². The smallest absolute Gasteiger partial charge is 0.173 e. The summed E-state index contributed by atoms with van der Waals surface area (Å²) in [5.74, 6) is 0.899. The Hall–Kier alpha value is -1.81. The Balaban J connectivity index is 2.04. The lowest BCUT2D eigenvalue weighted by molar-refractivity contribution is 0.414. The molecule has 106 valence electrons. The van der Waals surface area contributed by atoms with Crippen molar-refractivity contribution >= 4 is 23.0 Å². The van der Waals surface area contributed by atoms with Gasteiger partial charge < -0.3 is 14.6 Å². The third-order valence-electron chi connectivity index (χ3n) is 3.39. The summed E-state index contributed by atoms with van der Waals surface area (Å²) in [6, 6.07) is 10.1. The minimum Gasteiger partial charge on any atom is -0.467 e. The molecule has 0 aliphatic carbocycles. The van der Waals surface area contributed by atoms with Gasteiger partial charge in [-0.1, -0.05) is 19.1 Å². The van der Waals surface area contributed by atoms with Crippen molar-refractivity contribution in [3.8, 4) is 0 Å². The second-order valence-corrected chi connectivity index (χ2v) is 5.20. The van der Waals surface area contributed by atoms with Crippen LogP contribution in [0.1, 0.15) is 23.8 Å². The molecule has 1 aromatic heterocycles. The Morgan fingerprint density at radius 3 is 2.75 bits per heavy atom. The maximum absolute atomic E-state index is 5.44. The third-order valence-corrected chi connectivity index (χ3v) is 3.80. The molecule has 2 rings (SSSR count). The van der Waals surface area contributed by atoms with Crippen molar-refractivity contribution in [3.63, 3.8) is 0 Å². The molecule has 20 heavy (non-hydrogen) atoms. The van der Waals surface area contributed by atoms with E-state index in [4.69, 9.17) is 16.6 Å². The largest absolute Gasteiger partial charge is 0.467 e. The summed E-state index contributed by atoms with van der Waals surface area (Å²) in [5.41, 5.74) is 3.66. The molecule has 0 saturated carbocycles. The van der Waals surface area contributed by atoms with E-state index < -0.39 is 0 Å². The molecule has 1 heterocycles. The highest BCUT2D eigenvalue weighted by atomic mass is 32.1. The van der Waals surface area contributed by atoms with Gasteiger partial charge in [-0.3, -0.25) is 0 Å². The molecule has 0 saturated heterocycles. The van der Waals surface area contributed by atoms with Crippen LogP contribution in [0.3, 0.4) is 0 Å². The van der Waals surface area contributed by atoms with Gasteiger partial charge in [0.2, 0.25) is 0 Å². The molecule has 0 fully saturated rings. The molecule has 0 atom stereocenters. The first-order valence-corrected chi connectivity index (χ1v) is 7.15.